The summed E-state index contributed by atoms with van der Waals surface area (Å²) in [5.41, 5.74) is 1.08. The molecule has 2 aliphatic heterocycles. The lowest BCUT2D eigenvalue weighted by molar-refractivity contribution is -0.141. The van der Waals surface area contributed by atoms with Gasteiger partial charge in [0.15, 0.2) is 0 Å². The third-order valence-corrected chi connectivity index (χ3v) is 6.71. The number of nitrogens with one attached hydrogen (secondary N) is 1. The number of hydrogen-bond acceptors (Lipinski definition) is 7. The fourth-order valence-corrected chi connectivity index (χ4v) is 4.59. The summed E-state index contributed by atoms with van der Waals surface area (Å²) in [6, 6.07) is 8.49. The number of amides is 2. The molecule has 1 aromatic carbocycles. The van der Waals surface area contributed by atoms with Crippen LogP contribution in [0, 0.1) is 11.8 Å². The molecule has 1 aromatic rings. The van der Waals surface area contributed by atoms with Crippen molar-refractivity contribution >= 4 is 29.9 Å². The molecule has 3 atom stereocenters. The first-order chi connectivity index (χ1) is 15.0. The Morgan fingerprint density at radius 2 is 1.78 bits per heavy atom. The molecular weight excluding hydrogens is 432 g/mol. The summed E-state index contributed by atoms with van der Waals surface area (Å²) < 4.78 is 5.47. The number of likely N-dealkylation sites (tertiary alicyclic amines) is 1. The van der Waals surface area contributed by atoms with Gasteiger partial charge in [-0.3, -0.25) is 19.4 Å². The molecule has 2 heterocycles. The molecule has 32 heavy (non-hydrogen) atoms. The third kappa shape index (κ3) is 5.54. The highest BCUT2D eigenvalue weighted by molar-refractivity contribution is 6.05. The van der Waals surface area contributed by atoms with Crippen LogP contribution in [0.15, 0.2) is 24.3 Å². The van der Waals surface area contributed by atoms with Gasteiger partial charge in [0, 0.05) is 51.2 Å². The van der Waals surface area contributed by atoms with Crippen LogP contribution in [-0.4, -0.2) is 91.8 Å². The molecule has 0 radical (unpaired) electrons. The van der Waals surface area contributed by atoms with E-state index in [2.05, 4.69) is 21.2 Å². The number of anilines is 1. The second-order valence-corrected chi connectivity index (χ2v) is 8.98. The summed E-state index contributed by atoms with van der Waals surface area (Å²) in [7, 11) is 1.68. The zero-order valence-corrected chi connectivity index (χ0v) is 19.7. The first kappa shape index (κ1) is 24.8. The Morgan fingerprint density at radius 3 is 2.44 bits per heavy atom. The summed E-state index contributed by atoms with van der Waals surface area (Å²) in [4.78, 5) is 31.1. The van der Waals surface area contributed by atoms with E-state index in [-0.39, 0.29) is 42.6 Å². The predicted molar refractivity (Wildman–Crippen MR) is 125 cm³/mol. The van der Waals surface area contributed by atoms with Crippen molar-refractivity contribution in [1.29, 1.82) is 0 Å². The van der Waals surface area contributed by atoms with Crippen LogP contribution >= 0.6 is 12.4 Å². The minimum absolute atomic E-state index is 0. The van der Waals surface area contributed by atoms with Crippen LogP contribution in [0.1, 0.15) is 19.8 Å². The molecule has 1 saturated carbocycles. The van der Waals surface area contributed by atoms with Crippen molar-refractivity contribution in [3.05, 3.63) is 24.3 Å². The number of para-hydroxylation sites is 2. The zero-order chi connectivity index (χ0) is 22.0. The minimum atomic E-state index is -0.743. The lowest BCUT2D eigenvalue weighted by atomic mass is 9.97. The maximum absolute atomic E-state index is 12.8. The van der Waals surface area contributed by atoms with Crippen LogP contribution < -0.4 is 15.0 Å². The first-order valence-corrected chi connectivity index (χ1v) is 11.3. The van der Waals surface area contributed by atoms with E-state index in [1.165, 1.54) is 4.90 Å². The highest BCUT2D eigenvalue weighted by atomic mass is 35.5. The first-order valence-electron chi connectivity index (χ1n) is 11.3. The topological polar surface area (TPSA) is 85.3 Å². The Labute approximate surface area is 196 Å². The van der Waals surface area contributed by atoms with Gasteiger partial charge in [-0.15, -0.1) is 12.4 Å². The number of ether oxygens (including phenoxy) is 1. The van der Waals surface area contributed by atoms with Gasteiger partial charge in [0.2, 0.25) is 11.8 Å². The average molecular weight is 467 g/mol. The smallest absolute Gasteiger partial charge is 0.234 e. The largest absolute Gasteiger partial charge is 0.495 e. The van der Waals surface area contributed by atoms with Crippen molar-refractivity contribution in [3.63, 3.8) is 0 Å². The number of methoxy groups -OCH3 is 1. The number of nitrogens with zero attached hydrogens (tertiary/aromatic N) is 3. The van der Waals surface area contributed by atoms with E-state index in [4.69, 9.17) is 4.74 Å². The Balaban J connectivity index is 0.00000289. The number of imide groups is 1. The van der Waals surface area contributed by atoms with Crippen molar-refractivity contribution in [2.24, 2.45) is 11.8 Å². The fourth-order valence-electron chi connectivity index (χ4n) is 4.59. The third-order valence-electron chi connectivity index (χ3n) is 6.71. The number of aliphatic hydroxyl groups is 1. The molecule has 2 N–H and O–H groups in total. The van der Waals surface area contributed by atoms with Gasteiger partial charge < -0.3 is 20.1 Å². The number of β-amino-alcohol motifs (C(OH)–C–C–N with tert-alkyl or cyclic N) is 1. The maximum Gasteiger partial charge on any atom is 0.234 e. The second kappa shape index (κ2) is 10.8. The number of piperazine rings is 1. The van der Waals surface area contributed by atoms with Crippen LogP contribution in [0.5, 0.6) is 5.75 Å². The predicted octanol–water partition coefficient (Wildman–Crippen LogP) is 0.973. The van der Waals surface area contributed by atoms with Crippen LogP contribution in [0.2, 0.25) is 0 Å². The van der Waals surface area contributed by atoms with E-state index in [1.54, 1.807) is 7.11 Å². The molecule has 178 valence electrons. The van der Waals surface area contributed by atoms with E-state index in [9.17, 15) is 14.7 Å². The molecule has 9 heteroatoms. The van der Waals surface area contributed by atoms with Crippen LogP contribution in [-0.2, 0) is 9.59 Å². The molecule has 0 aromatic heterocycles. The van der Waals surface area contributed by atoms with Gasteiger partial charge in [0.1, 0.15) is 5.75 Å². The molecule has 1 aliphatic carbocycles. The van der Waals surface area contributed by atoms with Gasteiger partial charge in [-0.25, -0.2) is 0 Å². The number of benzene rings is 1. The highest BCUT2D eigenvalue weighted by Crippen LogP contribution is 2.29. The number of carbonyl (C=O) groups excluding carboxylic acids is 2. The van der Waals surface area contributed by atoms with Gasteiger partial charge in [0.05, 0.1) is 31.4 Å². The zero-order valence-electron chi connectivity index (χ0n) is 18.9. The SMILES string of the molecule is COc1ccccc1N1CCN(CC(O)CN2C(=O)C(C)C(CNC3CC3)C2=O)CC1.Cl. The molecule has 2 amide bonds. The molecule has 3 aliphatic rings. The van der Waals surface area contributed by atoms with Crippen molar-refractivity contribution in [3.8, 4) is 5.75 Å². The number of rotatable bonds is 9. The fraction of sp³-hybridized carbons (Fsp3) is 0.652. The van der Waals surface area contributed by atoms with Gasteiger partial charge >= 0.3 is 0 Å². The van der Waals surface area contributed by atoms with E-state index in [0.717, 1.165) is 50.5 Å². The quantitative estimate of drug-likeness (QED) is 0.524. The van der Waals surface area contributed by atoms with Crippen molar-refractivity contribution in [1.82, 2.24) is 15.1 Å². The van der Waals surface area contributed by atoms with Gasteiger partial charge in [-0.05, 0) is 25.0 Å². The highest BCUT2D eigenvalue weighted by Gasteiger charge is 2.45. The maximum atomic E-state index is 12.8. The van der Waals surface area contributed by atoms with Gasteiger partial charge in [-0.2, -0.15) is 0 Å². The van der Waals surface area contributed by atoms with E-state index < -0.39 is 6.10 Å². The second-order valence-electron chi connectivity index (χ2n) is 8.98. The Hall–Kier alpha value is -1.87. The van der Waals surface area contributed by atoms with Crippen molar-refractivity contribution in [2.45, 2.75) is 31.9 Å². The molecule has 4 rings (SSSR count). The standard InChI is InChI=1S/C23H34N4O4.ClH/c1-16-19(13-24-17-7-8-17)23(30)27(22(16)29)15-18(28)14-25-9-11-26(12-10-25)20-5-3-4-6-21(20)31-2;/h3-6,16-19,24,28H,7-15H2,1-2H3;1H. The van der Waals surface area contributed by atoms with E-state index in [0.29, 0.717) is 19.1 Å². The van der Waals surface area contributed by atoms with Crippen LogP contribution in [0.3, 0.4) is 0 Å². The van der Waals surface area contributed by atoms with Crippen LogP contribution in [0.4, 0.5) is 5.69 Å². The molecule has 0 bridgehead atoms. The Kier molecular flexibility index (Phi) is 8.38. The molecule has 3 unspecified atom stereocenters. The normalized spacial score (nSPS) is 25.1. The van der Waals surface area contributed by atoms with E-state index in [1.807, 2.05) is 25.1 Å². The number of hydrogen-bond donors (Lipinski definition) is 2. The van der Waals surface area contributed by atoms with Crippen molar-refractivity contribution in [2.75, 3.05) is 57.8 Å². The lowest BCUT2D eigenvalue weighted by Gasteiger charge is -2.37. The Bertz CT molecular complexity index is 798. The lowest BCUT2D eigenvalue weighted by Crippen LogP contribution is -2.50. The summed E-state index contributed by atoms with van der Waals surface area (Å²) >= 11 is 0. The molecule has 0 spiro atoms. The molecule has 3 fully saturated rings. The molecule has 8 nitrogen and oxygen atoms in total. The minimum Gasteiger partial charge on any atom is -0.495 e. The molecule has 2 saturated heterocycles. The van der Waals surface area contributed by atoms with Gasteiger partial charge in [0.25, 0.3) is 0 Å². The number of halogens is 1. The number of carbonyl (C=O) groups is 2. The summed E-state index contributed by atoms with van der Waals surface area (Å²) in [6.45, 7) is 6.19. The summed E-state index contributed by atoms with van der Waals surface area (Å²) in [5.74, 6) is -0.0831. The average Bonchev–Trinajstić information content (AvgIpc) is 3.59. The van der Waals surface area contributed by atoms with Crippen molar-refractivity contribution < 1.29 is 19.4 Å². The summed E-state index contributed by atoms with van der Waals surface area (Å²) in [6.07, 6.45) is 1.56. The monoisotopic (exact) mass is 466 g/mol. The number of aliphatic hydroxyl groups excluding tert-OH is 1. The van der Waals surface area contributed by atoms with E-state index >= 15 is 0 Å². The summed E-state index contributed by atoms with van der Waals surface area (Å²) in [5, 5.41) is 14.0. The van der Waals surface area contributed by atoms with Gasteiger partial charge in [-0.1, -0.05) is 19.1 Å². The Morgan fingerprint density at radius 1 is 1.09 bits per heavy atom. The van der Waals surface area contributed by atoms with Crippen LogP contribution in [0.25, 0.3) is 0 Å². The molecular formula is C23H35ClN4O4.